The third kappa shape index (κ3) is 5.67. The van der Waals surface area contributed by atoms with Crippen LogP contribution in [0.5, 0.6) is 0 Å². The van der Waals surface area contributed by atoms with Crippen LogP contribution in [0.4, 0.5) is 0 Å². The van der Waals surface area contributed by atoms with Gasteiger partial charge in [0.05, 0.1) is 4.91 Å². The summed E-state index contributed by atoms with van der Waals surface area (Å²) in [7, 11) is 0. The van der Waals surface area contributed by atoms with Crippen LogP contribution >= 0.6 is 24.0 Å². The van der Waals surface area contributed by atoms with Gasteiger partial charge in [0.25, 0.3) is 5.91 Å². The lowest BCUT2D eigenvalue weighted by Gasteiger charge is -2.26. The largest absolute Gasteiger partial charge is 0.343 e. The van der Waals surface area contributed by atoms with Gasteiger partial charge in [-0.15, -0.1) is 0 Å². The molecule has 2 amide bonds. The highest BCUT2D eigenvalue weighted by atomic mass is 32.2. The number of nitrogens with zero attached hydrogens (tertiary/aromatic N) is 2. The first-order chi connectivity index (χ1) is 13.5. The number of carbonyl (C=O) groups is 2. The van der Waals surface area contributed by atoms with Crippen molar-refractivity contribution >= 4 is 46.2 Å². The minimum atomic E-state index is -0.0000295. The third-order valence-electron chi connectivity index (χ3n) is 5.23. The molecule has 1 aromatic carbocycles. The number of amides is 2. The standard InChI is InChI=1S/C22H28N2O2S2/c1-17-9-11-18(12-10-17)16-19-21(26)24(22(27)28-19)15-7-2-4-8-20(25)23-13-5-3-6-14-23/h9-12,16H,2-8,13-15H2,1H3. The first kappa shape index (κ1) is 21.1. The molecule has 0 N–H and O–H groups in total. The summed E-state index contributed by atoms with van der Waals surface area (Å²) in [4.78, 5) is 29.2. The van der Waals surface area contributed by atoms with Crippen molar-refractivity contribution in [1.82, 2.24) is 9.80 Å². The molecule has 2 fully saturated rings. The predicted molar refractivity (Wildman–Crippen MR) is 120 cm³/mol. The van der Waals surface area contributed by atoms with Crippen molar-refractivity contribution in [3.05, 3.63) is 40.3 Å². The van der Waals surface area contributed by atoms with E-state index in [-0.39, 0.29) is 11.8 Å². The minimum absolute atomic E-state index is 0.0000295. The zero-order valence-corrected chi connectivity index (χ0v) is 18.1. The van der Waals surface area contributed by atoms with Crippen LogP contribution in [0.15, 0.2) is 29.2 Å². The number of benzene rings is 1. The molecule has 0 unspecified atom stereocenters. The first-order valence-electron chi connectivity index (χ1n) is 10.1. The van der Waals surface area contributed by atoms with Crippen molar-refractivity contribution < 1.29 is 9.59 Å². The van der Waals surface area contributed by atoms with Crippen LogP contribution in [-0.2, 0) is 9.59 Å². The lowest BCUT2D eigenvalue weighted by atomic mass is 10.1. The molecule has 2 aliphatic rings. The van der Waals surface area contributed by atoms with Gasteiger partial charge in [0, 0.05) is 26.1 Å². The van der Waals surface area contributed by atoms with Crippen molar-refractivity contribution in [2.45, 2.75) is 51.9 Å². The van der Waals surface area contributed by atoms with Crippen molar-refractivity contribution in [1.29, 1.82) is 0 Å². The molecule has 6 heteroatoms. The summed E-state index contributed by atoms with van der Waals surface area (Å²) in [5.74, 6) is 0.284. The van der Waals surface area contributed by atoms with Crippen LogP contribution in [0.25, 0.3) is 6.08 Å². The Morgan fingerprint density at radius 3 is 2.54 bits per heavy atom. The van der Waals surface area contributed by atoms with E-state index in [0.717, 1.165) is 50.8 Å². The highest BCUT2D eigenvalue weighted by Crippen LogP contribution is 2.32. The molecule has 0 aromatic heterocycles. The summed E-state index contributed by atoms with van der Waals surface area (Å²) in [5, 5.41) is 0. The summed E-state index contributed by atoms with van der Waals surface area (Å²) in [6, 6.07) is 8.11. The highest BCUT2D eigenvalue weighted by molar-refractivity contribution is 8.26. The van der Waals surface area contributed by atoms with E-state index in [9.17, 15) is 9.59 Å². The summed E-state index contributed by atoms with van der Waals surface area (Å²) in [6.07, 6.45) is 8.73. The molecule has 0 saturated carbocycles. The van der Waals surface area contributed by atoms with Gasteiger partial charge >= 0.3 is 0 Å². The minimum Gasteiger partial charge on any atom is -0.343 e. The number of thioether (sulfide) groups is 1. The normalized spacial score (nSPS) is 19.0. The Kier molecular flexibility index (Phi) is 7.68. The number of carbonyl (C=O) groups excluding carboxylic acids is 2. The van der Waals surface area contributed by atoms with Crippen molar-refractivity contribution in [3.63, 3.8) is 0 Å². The molecule has 4 nitrogen and oxygen atoms in total. The number of unbranched alkanes of at least 4 members (excludes halogenated alkanes) is 2. The van der Waals surface area contributed by atoms with Crippen LogP contribution in [-0.4, -0.2) is 45.6 Å². The zero-order chi connectivity index (χ0) is 19.9. The monoisotopic (exact) mass is 416 g/mol. The fourth-order valence-corrected chi connectivity index (χ4v) is 4.84. The fourth-order valence-electron chi connectivity index (χ4n) is 3.53. The van der Waals surface area contributed by atoms with Crippen LogP contribution in [0, 0.1) is 6.92 Å². The molecule has 150 valence electrons. The van der Waals surface area contributed by atoms with E-state index in [1.807, 2.05) is 42.2 Å². The number of piperidine rings is 1. The lowest BCUT2D eigenvalue weighted by Crippen LogP contribution is -2.35. The molecular weight excluding hydrogens is 388 g/mol. The Hall–Kier alpha value is -1.66. The topological polar surface area (TPSA) is 40.6 Å². The molecule has 2 saturated heterocycles. The summed E-state index contributed by atoms with van der Waals surface area (Å²) in [5.41, 5.74) is 2.21. The molecule has 0 bridgehead atoms. The smallest absolute Gasteiger partial charge is 0.266 e. The molecular formula is C22H28N2O2S2. The maximum absolute atomic E-state index is 12.7. The van der Waals surface area contributed by atoms with E-state index in [1.54, 1.807) is 4.90 Å². The Labute approximate surface area is 177 Å². The molecule has 0 radical (unpaired) electrons. The number of hydrogen-bond acceptors (Lipinski definition) is 4. The molecule has 1 aromatic rings. The molecule has 0 atom stereocenters. The Balaban J connectivity index is 1.42. The number of hydrogen-bond donors (Lipinski definition) is 0. The number of aryl methyl sites for hydroxylation is 1. The van der Waals surface area contributed by atoms with Crippen molar-refractivity contribution in [2.24, 2.45) is 0 Å². The maximum Gasteiger partial charge on any atom is 0.266 e. The Bertz CT molecular complexity index is 752. The van der Waals surface area contributed by atoms with Gasteiger partial charge in [-0.05, 0) is 50.7 Å². The molecule has 0 spiro atoms. The Morgan fingerprint density at radius 2 is 1.82 bits per heavy atom. The first-order valence-corrected chi connectivity index (χ1v) is 11.4. The third-order valence-corrected chi connectivity index (χ3v) is 6.61. The number of thiocarbonyl (C=S) groups is 1. The molecule has 2 heterocycles. The SMILES string of the molecule is Cc1ccc(C=C2SC(=S)N(CCCCCC(=O)N3CCCCC3)C2=O)cc1. The quantitative estimate of drug-likeness (QED) is 0.365. The van der Waals surface area contributed by atoms with Crippen LogP contribution in [0.1, 0.15) is 56.1 Å². The highest BCUT2D eigenvalue weighted by Gasteiger charge is 2.31. The molecule has 3 rings (SSSR count). The van der Waals surface area contributed by atoms with Gasteiger partial charge in [0.15, 0.2) is 0 Å². The lowest BCUT2D eigenvalue weighted by molar-refractivity contribution is -0.132. The average molecular weight is 417 g/mol. The summed E-state index contributed by atoms with van der Waals surface area (Å²) >= 11 is 6.78. The van der Waals surface area contributed by atoms with Gasteiger partial charge < -0.3 is 4.90 Å². The van der Waals surface area contributed by atoms with Gasteiger partial charge in [-0.3, -0.25) is 14.5 Å². The van der Waals surface area contributed by atoms with E-state index >= 15 is 0 Å². The van der Waals surface area contributed by atoms with E-state index in [0.29, 0.717) is 22.2 Å². The van der Waals surface area contributed by atoms with E-state index in [4.69, 9.17) is 12.2 Å². The number of rotatable bonds is 7. The van der Waals surface area contributed by atoms with Gasteiger partial charge in [-0.1, -0.05) is 60.2 Å². The zero-order valence-electron chi connectivity index (χ0n) is 16.5. The second-order valence-corrected chi connectivity index (χ2v) is 9.17. The summed E-state index contributed by atoms with van der Waals surface area (Å²) < 4.78 is 0.632. The van der Waals surface area contributed by atoms with Gasteiger partial charge in [-0.2, -0.15) is 0 Å². The fraction of sp³-hybridized carbons (Fsp3) is 0.500. The van der Waals surface area contributed by atoms with E-state index in [1.165, 1.54) is 23.7 Å². The molecule has 28 heavy (non-hydrogen) atoms. The maximum atomic E-state index is 12.7. The van der Waals surface area contributed by atoms with Gasteiger partial charge in [0.1, 0.15) is 4.32 Å². The van der Waals surface area contributed by atoms with Crippen LogP contribution in [0.3, 0.4) is 0 Å². The summed E-state index contributed by atoms with van der Waals surface area (Å²) in [6.45, 7) is 4.52. The Morgan fingerprint density at radius 1 is 1.11 bits per heavy atom. The van der Waals surface area contributed by atoms with Gasteiger partial charge in [-0.25, -0.2) is 0 Å². The van der Waals surface area contributed by atoms with Crippen LogP contribution in [0.2, 0.25) is 0 Å². The molecule has 2 aliphatic heterocycles. The number of likely N-dealkylation sites (tertiary alicyclic amines) is 1. The van der Waals surface area contributed by atoms with E-state index in [2.05, 4.69) is 0 Å². The van der Waals surface area contributed by atoms with Crippen molar-refractivity contribution in [2.75, 3.05) is 19.6 Å². The second kappa shape index (κ2) is 10.2. The van der Waals surface area contributed by atoms with E-state index < -0.39 is 0 Å². The van der Waals surface area contributed by atoms with Gasteiger partial charge in [0.2, 0.25) is 5.91 Å². The molecule has 0 aliphatic carbocycles. The van der Waals surface area contributed by atoms with Crippen LogP contribution < -0.4 is 0 Å². The second-order valence-electron chi connectivity index (χ2n) is 7.50. The average Bonchev–Trinajstić information content (AvgIpc) is 2.97. The van der Waals surface area contributed by atoms with Crippen molar-refractivity contribution in [3.8, 4) is 0 Å². The predicted octanol–water partition coefficient (Wildman–Crippen LogP) is 4.77.